The van der Waals surface area contributed by atoms with Crippen LogP contribution in [0.4, 0.5) is 4.79 Å². The Bertz CT molecular complexity index is 818. The van der Waals surface area contributed by atoms with Gasteiger partial charge in [0.2, 0.25) is 5.91 Å². The number of rotatable bonds is 8. The van der Waals surface area contributed by atoms with Crippen LogP contribution in [0.5, 0.6) is 0 Å². The van der Waals surface area contributed by atoms with E-state index in [4.69, 9.17) is 0 Å². The van der Waals surface area contributed by atoms with Crippen molar-refractivity contribution in [3.05, 3.63) is 35.9 Å². The number of likely N-dealkylation sites (tertiary alicyclic amines) is 1. The van der Waals surface area contributed by atoms with Crippen molar-refractivity contribution in [2.45, 2.75) is 78.9 Å². The molecule has 0 aromatic heterocycles. The monoisotopic (exact) mass is 457 g/mol. The van der Waals surface area contributed by atoms with E-state index < -0.39 is 12.1 Å². The summed E-state index contributed by atoms with van der Waals surface area (Å²) in [5, 5.41) is 12.9. The van der Waals surface area contributed by atoms with Gasteiger partial charge in [-0.25, -0.2) is 4.79 Å². The second-order valence-corrected chi connectivity index (χ2v) is 12.3. The van der Waals surface area contributed by atoms with Crippen molar-refractivity contribution in [2.75, 3.05) is 20.1 Å². The molecule has 1 aromatic carbocycles. The van der Waals surface area contributed by atoms with Gasteiger partial charge in [0, 0.05) is 32.7 Å². The second-order valence-electron chi connectivity index (χ2n) is 12.3. The molecular weight excluding hydrogens is 414 g/mol. The molecular formula is C27H43N3O3. The fourth-order valence-electron chi connectivity index (χ4n) is 6.36. The number of carbonyl (C=O) groups is 2. The van der Waals surface area contributed by atoms with E-state index in [1.807, 2.05) is 6.07 Å². The molecule has 2 amide bonds. The number of carbonyl (C=O) groups excluding carboxylic acids is 1. The number of nitrogens with zero attached hydrogens (tertiary/aromatic N) is 2. The van der Waals surface area contributed by atoms with Crippen molar-refractivity contribution in [1.29, 1.82) is 0 Å². The number of hydrogen-bond acceptors (Lipinski definition) is 3. The van der Waals surface area contributed by atoms with Crippen molar-refractivity contribution in [2.24, 2.45) is 22.7 Å². The van der Waals surface area contributed by atoms with Gasteiger partial charge in [0.25, 0.3) is 0 Å². The lowest BCUT2D eigenvalue weighted by molar-refractivity contribution is -0.127. The van der Waals surface area contributed by atoms with E-state index in [-0.39, 0.29) is 22.8 Å². The first-order chi connectivity index (χ1) is 15.3. The van der Waals surface area contributed by atoms with Gasteiger partial charge in [0.05, 0.1) is 0 Å². The molecule has 6 heteroatoms. The summed E-state index contributed by atoms with van der Waals surface area (Å²) < 4.78 is 0. The molecule has 2 aliphatic rings. The fourth-order valence-corrected chi connectivity index (χ4v) is 6.36. The fraction of sp³-hybridized carbons (Fsp3) is 0.704. The molecule has 184 valence electrons. The summed E-state index contributed by atoms with van der Waals surface area (Å²) in [5.41, 5.74) is 1.28. The molecule has 1 heterocycles. The number of likely N-dealkylation sites (N-methyl/N-ethyl adjacent to an activating group) is 1. The van der Waals surface area contributed by atoms with E-state index in [0.29, 0.717) is 18.3 Å². The van der Waals surface area contributed by atoms with Gasteiger partial charge in [-0.15, -0.1) is 0 Å². The van der Waals surface area contributed by atoms with Crippen LogP contribution >= 0.6 is 0 Å². The Morgan fingerprint density at radius 2 is 1.79 bits per heavy atom. The molecule has 1 aliphatic heterocycles. The molecule has 2 N–H and O–H groups in total. The van der Waals surface area contributed by atoms with Crippen LogP contribution in [-0.2, 0) is 11.3 Å². The van der Waals surface area contributed by atoms with Crippen LogP contribution in [0.2, 0.25) is 0 Å². The predicted octanol–water partition coefficient (Wildman–Crippen LogP) is 4.84. The Morgan fingerprint density at radius 3 is 2.39 bits per heavy atom. The molecule has 1 aromatic rings. The first-order valence-corrected chi connectivity index (χ1v) is 12.4. The zero-order valence-corrected chi connectivity index (χ0v) is 21.3. The average molecular weight is 458 g/mol. The molecule has 3 rings (SSSR count). The highest BCUT2D eigenvalue weighted by molar-refractivity contribution is 5.85. The summed E-state index contributed by atoms with van der Waals surface area (Å²) in [5.74, 6) is 0.900. The zero-order chi connectivity index (χ0) is 24.4. The van der Waals surface area contributed by atoms with Gasteiger partial charge < -0.3 is 10.4 Å². The number of fused-ring (bicyclic) bond motifs is 1. The lowest BCUT2D eigenvalue weighted by Crippen LogP contribution is -2.52. The highest BCUT2D eigenvalue weighted by atomic mass is 16.4. The lowest BCUT2D eigenvalue weighted by atomic mass is 9.72. The van der Waals surface area contributed by atoms with Gasteiger partial charge in [0.1, 0.15) is 6.04 Å². The van der Waals surface area contributed by atoms with Gasteiger partial charge in [-0.2, -0.15) is 0 Å². The first kappa shape index (κ1) is 25.5. The van der Waals surface area contributed by atoms with E-state index >= 15 is 0 Å². The van der Waals surface area contributed by atoms with Gasteiger partial charge in [-0.1, -0.05) is 65.0 Å². The topological polar surface area (TPSA) is 72.9 Å². The number of nitrogens with one attached hydrogen (secondary N) is 1. The Hall–Kier alpha value is -2.08. The first-order valence-electron chi connectivity index (χ1n) is 12.4. The zero-order valence-electron chi connectivity index (χ0n) is 21.3. The maximum absolute atomic E-state index is 13.4. The molecule has 0 radical (unpaired) electrons. The van der Waals surface area contributed by atoms with E-state index in [1.54, 1.807) is 0 Å². The largest absolute Gasteiger partial charge is 0.465 e. The Labute approximate surface area is 199 Å². The smallest absolute Gasteiger partial charge is 0.407 e. The van der Waals surface area contributed by atoms with Gasteiger partial charge >= 0.3 is 6.09 Å². The van der Waals surface area contributed by atoms with E-state index in [9.17, 15) is 14.7 Å². The third-order valence-corrected chi connectivity index (χ3v) is 7.34. The number of amides is 2. The maximum atomic E-state index is 13.4. The summed E-state index contributed by atoms with van der Waals surface area (Å²) in [4.78, 5) is 28.9. The molecule has 1 saturated heterocycles. The summed E-state index contributed by atoms with van der Waals surface area (Å²) >= 11 is 0. The van der Waals surface area contributed by atoms with Crippen LogP contribution in [-0.4, -0.2) is 59.1 Å². The summed E-state index contributed by atoms with van der Waals surface area (Å²) in [7, 11) is 1.52. The third-order valence-electron chi connectivity index (χ3n) is 7.34. The highest BCUT2D eigenvalue weighted by Crippen LogP contribution is 2.40. The van der Waals surface area contributed by atoms with E-state index in [1.165, 1.54) is 17.5 Å². The molecule has 0 spiro atoms. The Balaban J connectivity index is 1.64. The summed E-state index contributed by atoms with van der Waals surface area (Å²) in [6.45, 7) is 13.8. The van der Waals surface area contributed by atoms with Crippen LogP contribution < -0.4 is 5.32 Å². The van der Waals surface area contributed by atoms with Crippen molar-refractivity contribution in [3.63, 3.8) is 0 Å². The van der Waals surface area contributed by atoms with Crippen LogP contribution in [0.15, 0.2) is 30.3 Å². The Morgan fingerprint density at radius 1 is 1.12 bits per heavy atom. The molecule has 0 bridgehead atoms. The highest BCUT2D eigenvalue weighted by Gasteiger charge is 2.44. The van der Waals surface area contributed by atoms with Crippen LogP contribution in [0.25, 0.3) is 0 Å². The van der Waals surface area contributed by atoms with Gasteiger partial charge in [0.15, 0.2) is 0 Å². The normalized spacial score (nSPS) is 24.4. The quantitative estimate of drug-likeness (QED) is 0.586. The van der Waals surface area contributed by atoms with Crippen LogP contribution in [0, 0.1) is 22.7 Å². The van der Waals surface area contributed by atoms with Crippen LogP contribution in [0.1, 0.15) is 65.9 Å². The van der Waals surface area contributed by atoms with Crippen LogP contribution in [0.3, 0.4) is 0 Å². The SMILES string of the molecule is CN(C(=O)O)[C@@H](CC(C)(C)CC(C)(C)C)C(=O)N[C@@H]1CC[C@H]2CN(Cc3ccccc3)C[C@H]21. The molecule has 0 unspecified atom stereocenters. The standard InChI is InChI=1S/C27H43N3O3/c1-26(2,3)18-27(4,5)14-23(29(6)25(32)33)24(31)28-22-13-12-20-16-30(17-21(20)22)15-19-10-8-7-9-11-19/h7-11,20-23H,12-18H2,1-6H3,(H,28,31)(H,32,33)/t20-,21+,22+,23-/m0/s1. The molecule has 6 nitrogen and oxygen atoms in total. The third kappa shape index (κ3) is 6.95. The minimum atomic E-state index is -1.05. The van der Waals surface area contributed by atoms with Gasteiger partial charge in [-0.05, 0) is 53.9 Å². The average Bonchev–Trinajstić information content (AvgIpc) is 3.25. The van der Waals surface area contributed by atoms with Crippen molar-refractivity contribution in [1.82, 2.24) is 15.1 Å². The minimum Gasteiger partial charge on any atom is -0.465 e. The second kappa shape index (κ2) is 10.0. The molecule has 33 heavy (non-hydrogen) atoms. The van der Waals surface area contributed by atoms with Crippen molar-refractivity contribution >= 4 is 12.0 Å². The number of carboxylic acid groups (broad SMARTS) is 1. The van der Waals surface area contributed by atoms with Crippen molar-refractivity contribution in [3.8, 4) is 0 Å². The molecule has 4 atom stereocenters. The van der Waals surface area contributed by atoms with Gasteiger partial charge in [-0.3, -0.25) is 14.6 Å². The Kier molecular flexibility index (Phi) is 7.77. The van der Waals surface area contributed by atoms with E-state index in [0.717, 1.165) is 38.9 Å². The van der Waals surface area contributed by atoms with E-state index in [2.05, 4.69) is 69.1 Å². The number of benzene rings is 1. The number of hydrogen-bond donors (Lipinski definition) is 2. The molecule has 1 saturated carbocycles. The summed E-state index contributed by atoms with van der Waals surface area (Å²) in [6, 6.07) is 9.98. The predicted molar refractivity (Wildman–Crippen MR) is 132 cm³/mol. The molecule has 2 fully saturated rings. The lowest BCUT2D eigenvalue weighted by Gasteiger charge is -2.37. The van der Waals surface area contributed by atoms with Crippen molar-refractivity contribution < 1.29 is 14.7 Å². The molecule has 1 aliphatic carbocycles. The minimum absolute atomic E-state index is 0.108. The summed E-state index contributed by atoms with van der Waals surface area (Å²) in [6.07, 6.45) is 2.48. The maximum Gasteiger partial charge on any atom is 0.407 e.